The number of halogens is 1. The van der Waals surface area contributed by atoms with Gasteiger partial charge in [-0.15, -0.1) is 10.2 Å². The molecule has 1 aromatic heterocycles. The van der Waals surface area contributed by atoms with Crippen LogP contribution in [-0.4, -0.2) is 46.2 Å². The summed E-state index contributed by atoms with van der Waals surface area (Å²) in [6.07, 6.45) is 0.804. The first-order chi connectivity index (χ1) is 12.0. The molecule has 134 valence electrons. The Morgan fingerprint density at radius 1 is 1.36 bits per heavy atom. The minimum atomic E-state index is -0.292. The lowest BCUT2D eigenvalue weighted by Crippen LogP contribution is -2.27. The van der Waals surface area contributed by atoms with Crippen LogP contribution in [0.3, 0.4) is 0 Å². The Hall–Kier alpha value is -2.07. The first kappa shape index (κ1) is 19.3. The molecule has 0 unspecified atom stereocenters. The molecule has 1 heterocycles. The van der Waals surface area contributed by atoms with Crippen LogP contribution in [0.4, 0.5) is 0 Å². The zero-order valence-corrected chi connectivity index (χ0v) is 16.0. The van der Waals surface area contributed by atoms with Crippen molar-refractivity contribution in [3.63, 3.8) is 0 Å². The molecule has 0 bridgehead atoms. The predicted octanol–water partition coefficient (Wildman–Crippen LogP) is 1.58. The van der Waals surface area contributed by atoms with E-state index < -0.39 is 0 Å². The molecule has 1 aromatic carbocycles. The summed E-state index contributed by atoms with van der Waals surface area (Å²) in [5.74, 6) is 6.23. The number of hydrogen-bond acceptors (Lipinski definition) is 7. The molecule has 0 saturated carbocycles. The van der Waals surface area contributed by atoms with Crippen LogP contribution in [0.5, 0.6) is 0 Å². The van der Waals surface area contributed by atoms with Crippen molar-refractivity contribution in [3.05, 3.63) is 28.7 Å². The molecule has 2 aromatic rings. The second-order valence-electron chi connectivity index (χ2n) is 4.97. The molecular formula is C15H18BrN5O3S. The SMILES string of the molecule is COC(=O)CCCNC(=O)CSc1nnc(-c2ccccc2Br)n1N. The van der Waals surface area contributed by atoms with Gasteiger partial charge in [0.1, 0.15) is 0 Å². The number of nitrogens with zero attached hydrogens (tertiary/aromatic N) is 3. The fourth-order valence-corrected chi connectivity index (χ4v) is 3.09. The molecule has 25 heavy (non-hydrogen) atoms. The summed E-state index contributed by atoms with van der Waals surface area (Å²) in [4.78, 5) is 22.8. The number of benzene rings is 1. The highest BCUT2D eigenvalue weighted by Crippen LogP contribution is 2.27. The Kier molecular flexibility index (Phi) is 7.26. The number of thioether (sulfide) groups is 1. The number of hydrogen-bond donors (Lipinski definition) is 2. The fraction of sp³-hybridized carbons (Fsp3) is 0.333. The van der Waals surface area contributed by atoms with Gasteiger partial charge in [0.05, 0.1) is 12.9 Å². The third-order valence-corrected chi connectivity index (χ3v) is 4.85. The molecule has 1 amide bonds. The van der Waals surface area contributed by atoms with Crippen molar-refractivity contribution in [1.29, 1.82) is 0 Å². The van der Waals surface area contributed by atoms with Crippen LogP contribution in [0.25, 0.3) is 11.4 Å². The Balaban J connectivity index is 1.85. The molecule has 3 N–H and O–H groups in total. The van der Waals surface area contributed by atoms with Gasteiger partial charge in [-0.25, -0.2) is 4.68 Å². The van der Waals surface area contributed by atoms with Crippen LogP contribution in [0, 0.1) is 0 Å². The molecule has 2 rings (SSSR count). The smallest absolute Gasteiger partial charge is 0.305 e. The normalized spacial score (nSPS) is 10.5. The van der Waals surface area contributed by atoms with Gasteiger partial charge >= 0.3 is 5.97 Å². The van der Waals surface area contributed by atoms with Gasteiger partial charge in [-0.3, -0.25) is 9.59 Å². The van der Waals surface area contributed by atoms with Crippen molar-refractivity contribution in [1.82, 2.24) is 20.2 Å². The molecule has 0 aliphatic rings. The van der Waals surface area contributed by atoms with E-state index in [4.69, 9.17) is 5.84 Å². The summed E-state index contributed by atoms with van der Waals surface area (Å²) in [5, 5.41) is 11.3. The van der Waals surface area contributed by atoms with Gasteiger partial charge in [0.25, 0.3) is 0 Å². The summed E-state index contributed by atoms with van der Waals surface area (Å²) >= 11 is 4.64. The molecule has 0 spiro atoms. The van der Waals surface area contributed by atoms with E-state index in [1.807, 2.05) is 24.3 Å². The summed E-state index contributed by atoms with van der Waals surface area (Å²) in [6.45, 7) is 0.409. The molecule has 0 atom stereocenters. The van der Waals surface area contributed by atoms with Gasteiger partial charge < -0.3 is 15.9 Å². The van der Waals surface area contributed by atoms with Crippen molar-refractivity contribution in [2.24, 2.45) is 0 Å². The van der Waals surface area contributed by atoms with Gasteiger partial charge in [0, 0.05) is 23.0 Å². The van der Waals surface area contributed by atoms with Gasteiger partial charge in [-0.1, -0.05) is 39.8 Å². The zero-order valence-electron chi connectivity index (χ0n) is 13.6. The minimum absolute atomic E-state index is 0.156. The van der Waals surface area contributed by atoms with Crippen molar-refractivity contribution in [3.8, 4) is 11.4 Å². The summed E-state index contributed by atoms with van der Waals surface area (Å²) in [5.41, 5.74) is 0.816. The highest BCUT2D eigenvalue weighted by molar-refractivity contribution is 9.10. The van der Waals surface area contributed by atoms with E-state index in [9.17, 15) is 9.59 Å². The topological polar surface area (TPSA) is 112 Å². The van der Waals surface area contributed by atoms with E-state index in [1.54, 1.807) is 0 Å². The molecule has 8 nitrogen and oxygen atoms in total. The number of nitrogens with one attached hydrogen (secondary N) is 1. The number of amides is 1. The molecule has 0 radical (unpaired) electrons. The van der Waals surface area contributed by atoms with E-state index in [0.717, 1.165) is 10.0 Å². The monoisotopic (exact) mass is 427 g/mol. The third-order valence-electron chi connectivity index (χ3n) is 3.22. The number of esters is 1. The van der Waals surface area contributed by atoms with E-state index in [1.165, 1.54) is 23.5 Å². The number of carbonyl (C=O) groups excluding carboxylic acids is 2. The van der Waals surface area contributed by atoms with Crippen molar-refractivity contribution in [2.75, 3.05) is 25.3 Å². The predicted molar refractivity (Wildman–Crippen MR) is 98.3 cm³/mol. The highest BCUT2D eigenvalue weighted by atomic mass is 79.9. The summed E-state index contributed by atoms with van der Waals surface area (Å²) in [6, 6.07) is 7.53. The molecule has 0 aliphatic heterocycles. The summed E-state index contributed by atoms with van der Waals surface area (Å²) < 4.78 is 6.74. The number of ether oxygens (including phenoxy) is 1. The lowest BCUT2D eigenvalue weighted by Gasteiger charge is -2.06. The number of carbonyl (C=O) groups is 2. The van der Waals surface area contributed by atoms with Crippen molar-refractivity contribution < 1.29 is 14.3 Å². The van der Waals surface area contributed by atoms with Crippen LogP contribution in [0.1, 0.15) is 12.8 Å². The minimum Gasteiger partial charge on any atom is -0.469 e. The first-order valence-electron chi connectivity index (χ1n) is 7.44. The maximum atomic E-state index is 11.8. The standard InChI is InChI=1S/C15H18BrN5O3S/c1-24-13(23)7-4-8-18-12(22)9-25-15-20-19-14(21(15)17)10-5-2-3-6-11(10)16/h2-3,5-6H,4,7-9,17H2,1H3,(H,18,22). The Bertz CT molecular complexity index is 753. The number of nitrogens with two attached hydrogens (primary N) is 1. The quantitative estimate of drug-likeness (QED) is 0.284. The van der Waals surface area contributed by atoms with Crippen LogP contribution in [0.2, 0.25) is 0 Å². The Morgan fingerprint density at radius 3 is 2.84 bits per heavy atom. The van der Waals surface area contributed by atoms with Gasteiger partial charge in [-0.2, -0.15) is 0 Å². The maximum Gasteiger partial charge on any atom is 0.305 e. The van der Waals surface area contributed by atoms with Crippen molar-refractivity contribution >= 4 is 39.6 Å². The average Bonchev–Trinajstić information content (AvgIpc) is 2.97. The first-order valence-corrected chi connectivity index (χ1v) is 9.22. The maximum absolute atomic E-state index is 11.8. The third kappa shape index (κ3) is 5.46. The lowest BCUT2D eigenvalue weighted by atomic mass is 10.2. The Labute approximate surface area is 157 Å². The largest absolute Gasteiger partial charge is 0.469 e. The Morgan fingerprint density at radius 2 is 2.12 bits per heavy atom. The highest BCUT2D eigenvalue weighted by Gasteiger charge is 2.15. The molecule has 0 saturated heterocycles. The van der Waals surface area contributed by atoms with E-state index in [0.29, 0.717) is 23.9 Å². The number of nitrogen functional groups attached to an aromatic ring is 1. The van der Waals surface area contributed by atoms with E-state index in [-0.39, 0.29) is 24.1 Å². The average molecular weight is 428 g/mol. The second kappa shape index (κ2) is 9.42. The lowest BCUT2D eigenvalue weighted by molar-refractivity contribution is -0.140. The fourth-order valence-electron chi connectivity index (χ4n) is 1.95. The zero-order chi connectivity index (χ0) is 18.2. The molecule has 0 fully saturated rings. The van der Waals surface area contributed by atoms with Gasteiger partial charge in [0.2, 0.25) is 11.1 Å². The number of methoxy groups -OCH3 is 1. The number of aromatic nitrogens is 3. The van der Waals surface area contributed by atoms with Crippen molar-refractivity contribution in [2.45, 2.75) is 18.0 Å². The van der Waals surface area contributed by atoms with E-state index in [2.05, 4.69) is 36.2 Å². The van der Waals surface area contributed by atoms with E-state index >= 15 is 0 Å². The second-order valence-corrected chi connectivity index (χ2v) is 6.77. The molecule has 0 aliphatic carbocycles. The number of rotatable bonds is 8. The van der Waals surface area contributed by atoms with Gasteiger partial charge in [0.15, 0.2) is 5.82 Å². The summed E-state index contributed by atoms with van der Waals surface area (Å²) in [7, 11) is 1.34. The van der Waals surface area contributed by atoms with Crippen LogP contribution >= 0.6 is 27.7 Å². The van der Waals surface area contributed by atoms with Crippen LogP contribution in [0.15, 0.2) is 33.9 Å². The van der Waals surface area contributed by atoms with Crippen LogP contribution < -0.4 is 11.2 Å². The molecular weight excluding hydrogens is 410 g/mol. The molecule has 10 heteroatoms. The van der Waals surface area contributed by atoms with Gasteiger partial charge in [-0.05, 0) is 18.6 Å². The van der Waals surface area contributed by atoms with Crippen LogP contribution in [-0.2, 0) is 14.3 Å².